The molecule has 0 atom stereocenters. The van der Waals surface area contributed by atoms with Gasteiger partial charge in [-0.3, -0.25) is 4.98 Å². The molecule has 20 heavy (non-hydrogen) atoms. The molecule has 0 aliphatic heterocycles. The molecule has 0 amide bonds. The van der Waals surface area contributed by atoms with Crippen LogP contribution < -0.4 is 5.73 Å². The molecule has 0 aliphatic carbocycles. The van der Waals surface area contributed by atoms with Crippen molar-refractivity contribution in [2.24, 2.45) is 10.9 Å². The molecule has 5 heteroatoms. The van der Waals surface area contributed by atoms with Crippen LogP contribution in [0.4, 0.5) is 0 Å². The number of nitrogens with two attached hydrogens (primary N) is 1. The Hall–Kier alpha value is -2.01. The monoisotopic (exact) mass is 287 g/mol. The van der Waals surface area contributed by atoms with Gasteiger partial charge in [-0.2, -0.15) is 0 Å². The van der Waals surface area contributed by atoms with Gasteiger partial charge in [0.2, 0.25) is 0 Å². The number of rotatable bonds is 3. The van der Waals surface area contributed by atoms with Gasteiger partial charge in [-0.25, -0.2) is 0 Å². The molecule has 104 valence electrons. The van der Waals surface area contributed by atoms with Crippen molar-refractivity contribution in [1.82, 2.24) is 4.98 Å². The number of pyridine rings is 1. The lowest BCUT2D eigenvalue weighted by Gasteiger charge is -2.12. The second kappa shape index (κ2) is 5.96. The van der Waals surface area contributed by atoms with Crippen molar-refractivity contribution >= 4 is 17.6 Å². The van der Waals surface area contributed by atoms with E-state index < -0.39 is 0 Å². The molecule has 1 aromatic carbocycles. The third kappa shape index (κ3) is 3.11. The van der Waals surface area contributed by atoms with Gasteiger partial charge in [0, 0.05) is 21.2 Å². The lowest BCUT2D eigenvalue weighted by atomic mass is 10.1. The number of hydrogen-bond donors (Lipinski definition) is 2. The molecule has 0 bridgehead atoms. The molecular weight excluding hydrogens is 270 g/mol. The van der Waals surface area contributed by atoms with Crippen LogP contribution in [0.3, 0.4) is 0 Å². The van der Waals surface area contributed by atoms with E-state index in [-0.39, 0.29) is 5.84 Å². The number of hydrogen-bond acceptors (Lipinski definition) is 4. The predicted molar refractivity (Wildman–Crippen MR) is 81.5 cm³/mol. The van der Waals surface area contributed by atoms with Crippen LogP contribution in [0.15, 0.2) is 45.3 Å². The maximum atomic E-state index is 8.94. The number of aryl methyl sites for hydroxylation is 3. The van der Waals surface area contributed by atoms with Crippen LogP contribution in [-0.4, -0.2) is 16.0 Å². The predicted octanol–water partition coefficient (Wildman–Crippen LogP) is 3.25. The van der Waals surface area contributed by atoms with Gasteiger partial charge in [-0.05, 0) is 39.0 Å². The number of oxime groups is 1. The number of benzene rings is 1. The fourth-order valence-electron chi connectivity index (χ4n) is 2.04. The third-order valence-electron chi connectivity index (χ3n) is 2.87. The molecular formula is C15H17N3OS. The molecule has 0 fully saturated rings. The van der Waals surface area contributed by atoms with Gasteiger partial charge in [0.15, 0.2) is 5.84 Å². The molecule has 3 N–H and O–H groups in total. The summed E-state index contributed by atoms with van der Waals surface area (Å²) in [5.41, 5.74) is 9.33. The van der Waals surface area contributed by atoms with E-state index in [4.69, 9.17) is 10.9 Å². The van der Waals surface area contributed by atoms with Gasteiger partial charge in [0.1, 0.15) is 0 Å². The molecule has 0 saturated carbocycles. The molecule has 0 aliphatic rings. The highest BCUT2D eigenvalue weighted by atomic mass is 32.2. The fourth-order valence-corrected chi connectivity index (χ4v) is 3.27. The van der Waals surface area contributed by atoms with E-state index >= 15 is 0 Å². The van der Waals surface area contributed by atoms with Gasteiger partial charge in [0.05, 0.1) is 5.56 Å². The number of aromatic nitrogens is 1. The van der Waals surface area contributed by atoms with Gasteiger partial charge in [-0.1, -0.05) is 34.6 Å². The van der Waals surface area contributed by atoms with Gasteiger partial charge in [-0.15, -0.1) is 0 Å². The minimum atomic E-state index is 0.0881. The molecule has 1 heterocycles. The average Bonchev–Trinajstić information content (AvgIpc) is 2.37. The Morgan fingerprint density at radius 2 is 2.00 bits per heavy atom. The van der Waals surface area contributed by atoms with Gasteiger partial charge in [0.25, 0.3) is 0 Å². The molecule has 0 saturated heterocycles. The molecule has 2 aromatic rings. The highest BCUT2D eigenvalue weighted by molar-refractivity contribution is 7.99. The minimum absolute atomic E-state index is 0.0881. The summed E-state index contributed by atoms with van der Waals surface area (Å²) in [7, 11) is 0. The SMILES string of the molecule is Cc1cccc(Sc2cc(C)nc(C)c2/C(N)=N/O)c1. The van der Waals surface area contributed by atoms with Crippen LogP contribution in [0.1, 0.15) is 22.5 Å². The van der Waals surface area contributed by atoms with E-state index in [2.05, 4.69) is 29.2 Å². The summed E-state index contributed by atoms with van der Waals surface area (Å²) < 4.78 is 0. The Labute approximate surface area is 122 Å². The van der Waals surface area contributed by atoms with Crippen LogP contribution in [0, 0.1) is 20.8 Å². The van der Waals surface area contributed by atoms with Crippen LogP contribution in [0.5, 0.6) is 0 Å². The van der Waals surface area contributed by atoms with Crippen LogP contribution >= 0.6 is 11.8 Å². The maximum absolute atomic E-state index is 8.94. The molecule has 2 rings (SSSR count). The van der Waals surface area contributed by atoms with Crippen molar-refractivity contribution in [2.45, 2.75) is 30.6 Å². The van der Waals surface area contributed by atoms with E-state index in [1.54, 1.807) is 11.8 Å². The number of amidine groups is 1. The smallest absolute Gasteiger partial charge is 0.173 e. The summed E-state index contributed by atoms with van der Waals surface area (Å²) in [5.74, 6) is 0.0881. The third-order valence-corrected chi connectivity index (χ3v) is 3.90. The Morgan fingerprint density at radius 1 is 1.25 bits per heavy atom. The minimum Gasteiger partial charge on any atom is -0.409 e. The van der Waals surface area contributed by atoms with E-state index in [0.29, 0.717) is 5.56 Å². The van der Waals surface area contributed by atoms with Crippen molar-refractivity contribution in [1.29, 1.82) is 0 Å². The Bertz CT molecular complexity index is 668. The first-order chi connectivity index (χ1) is 9.51. The standard InChI is InChI=1S/C15H17N3OS/c1-9-5-4-6-12(7-9)20-13-8-10(2)17-11(3)14(13)15(16)18-19/h4-8,19H,1-3H3,(H2,16,18). The van der Waals surface area contributed by atoms with Crippen LogP contribution in [-0.2, 0) is 0 Å². The van der Waals surface area contributed by atoms with Crippen LogP contribution in [0.25, 0.3) is 0 Å². The van der Waals surface area contributed by atoms with Crippen molar-refractivity contribution in [3.63, 3.8) is 0 Å². The summed E-state index contributed by atoms with van der Waals surface area (Å²) in [4.78, 5) is 6.43. The normalized spacial score (nSPS) is 11.7. The fraction of sp³-hybridized carbons (Fsp3) is 0.200. The van der Waals surface area contributed by atoms with Crippen molar-refractivity contribution in [3.8, 4) is 0 Å². The zero-order valence-electron chi connectivity index (χ0n) is 11.7. The topological polar surface area (TPSA) is 71.5 Å². The average molecular weight is 287 g/mol. The first kappa shape index (κ1) is 14.4. The zero-order valence-corrected chi connectivity index (χ0v) is 12.5. The summed E-state index contributed by atoms with van der Waals surface area (Å²) in [6.07, 6.45) is 0. The van der Waals surface area contributed by atoms with E-state index in [0.717, 1.165) is 21.2 Å². The van der Waals surface area contributed by atoms with E-state index in [1.165, 1.54) is 5.56 Å². The highest BCUT2D eigenvalue weighted by Gasteiger charge is 2.14. The quantitative estimate of drug-likeness (QED) is 0.393. The lowest BCUT2D eigenvalue weighted by molar-refractivity contribution is 0.318. The summed E-state index contributed by atoms with van der Waals surface area (Å²) >= 11 is 1.59. The molecule has 0 radical (unpaired) electrons. The van der Waals surface area contributed by atoms with Gasteiger partial charge >= 0.3 is 0 Å². The summed E-state index contributed by atoms with van der Waals surface area (Å²) in [5, 5.41) is 12.1. The maximum Gasteiger partial charge on any atom is 0.173 e. The van der Waals surface area contributed by atoms with Crippen molar-refractivity contribution < 1.29 is 5.21 Å². The van der Waals surface area contributed by atoms with Crippen LogP contribution in [0.2, 0.25) is 0 Å². The molecule has 4 nitrogen and oxygen atoms in total. The summed E-state index contributed by atoms with van der Waals surface area (Å²) in [6, 6.07) is 10.2. The Kier molecular flexibility index (Phi) is 4.29. The number of nitrogens with zero attached hydrogens (tertiary/aromatic N) is 2. The molecule has 0 unspecified atom stereocenters. The summed E-state index contributed by atoms with van der Waals surface area (Å²) in [6.45, 7) is 5.85. The van der Waals surface area contributed by atoms with Crippen molar-refractivity contribution in [2.75, 3.05) is 0 Å². The first-order valence-corrected chi connectivity index (χ1v) is 7.03. The first-order valence-electron chi connectivity index (χ1n) is 6.22. The second-order valence-electron chi connectivity index (χ2n) is 4.63. The second-order valence-corrected chi connectivity index (χ2v) is 5.74. The van der Waals surface area contributed by atoms with Gasteiger partial charge < -0.3 is 10.9 Å². The molecule has 1 aromatic heterocycles. The Morgan fingerprint density at radius 3 is 2.65 bits per heavy atom. The largest absolute Gasteiger partial charge is 0.409 e. The van der Waals surface area contributed by atoms with E-state index in [9.17, 15) is 0 Å². The van der Waals surface area contributed by atoms with Crippen molar-refractivity contribution in [3.05, 3.63) is 52.8 Å². The molecule has 0 spiro atoms. The van der Waals surface area contributed by atoms with E-state index in [1.807, 2.05) is 32.0 Å². The zero-order chi connectivity index (χ0) is 14.7. The Balaban J connectivity index is 2.50. The lowest BCUT2D eigenvalue weighted by Crippen LogP contribution is -2.17. The highest BCUT2D eigenvalue weighted by Crippen LogP contribution is 2.32.